The highest BCUT2D eigenvalue weighted by Gasteiger charge is 1.80. The first-order valence-electron chi connectivity index (χ1n) is 2.60. The molecule has 0 saturated carbocycles. The summed E-state index contributed by atoms with van der Waals surface area (Å²) in [5.74, 6) is 0. The van der Waals surface area contributed by atoms with Gasteiger partial charge in [-0.05, 0) is 13.8 Å². The van der Waals surface area contributed by atoms with E-state index in [2.05, 4.69) is 5.32 Å². The SMILES string of the molecule is C/C=C(\C)CNC=O. The summed E-state index contributed by atoms with van der Waals surface area (Å²) >= 11 is 0. The van der Waals surface area contributed by atoms with Crippen LogP contribution in [-0.2, 0) is 4.79 Å². The molecule has 0 fully saturated rings. The number of hydrogen-bond acceptors (Lipinski definition) is 1. The van der Waals surface area contributed by atoms with Gasteiger partial charge in [0.15, 0.2) is 0 Å². The molecule has 0 rings (SSSR count). The van der Waals surface area contributed by atoms with E-state index in [4.69, 9.17) is 0 Å². The summed E-state index contributed by atoms with van der Waals surface area (Å²) in [4.78, 5) is 9.69. The van der Waals surface area contributed by atoms with Crippen LogP contribution in [0.3, 0.4) is 0 Å². The molecule has 46 valence electrons. The van der Waals surface area contributed by atoms with Crippen molar-refractivity contribution in [2.45, 2.75) is 13.8 Å². The van der Waals surface area contributed by atoms with Gasteiger partial charge < -0.3 is 5.32 Å². The first-order valence-corrected chi connectivity index (χ1v) is 2.60. The van der Waals surface area contributed by atoms with E-state index >= 15 is 0 Å². The summed E-state index contributed by atoms with van der Waals surface area (Å²) in [6, 6.07) is 0. The Morgan fingerprint density at radius 1 is 1.75 bits per heavy atom. The van der Waals surface area contributed by atoms with E-state index in [0.717, 1.165) is 0 Å². The first-order chi connectivity index (χ1) is 3.81. The number of nitrogens with one attached hydrogen (secondary N) is 1. The maximum absolute atomic E-state index is 9.69. The van der Waals surface area contributed by atoms with Crippen LogP contribution in [0.25, 0.3) is 0 Å². The van der Waals surface area contributed by atoms with Gasteiger partial charge in [-0.2, -0.15) is 0 Å². The van der Waals surface area contributed by atoms with Gasteiger partial charge in [-0.1, -0.05) is 11.6 Å². The lowest BCUT2D eigenvalue weighted by Gasteiger charge is -1.94. The Bertz CT molecular complexity index is 96.7. The lowest BCUT2D eigenvalue weighted by Crippen LogP contribution is -2.12. The number of rotatable bonds is 3. The molecule has 0 aromatic heterocycles. The molecule has 1 amide bonds. The van der Waals surface area contributed by atoms with Crippen molar-refractivity contribution in [2.75, 3.05) is 6.54 Å². The van der Waals surface area contributed by atoms with Gasteiger partial charge in [0.2, 0.25) is 6.41 Å². The van der Waals surface area contributed by atoms with Crippen molar-refractivity contribution in [3.05, 3.63) is 11.6 Å². The predicted molar refractivity (Wildman–Crippen MR) is 33.5 cm³/mol. The molecule has 2 nitrogen and oxygen atoms in total. The number of hydrogen-bond donors (Lipinski definition) is 1. The van der Waals surface area contributed by atoms with E-state index in [1.807, 2.05) is 19.9 Å². The summed E-state index contributed by atoms with van der Waals surface area (Å²) < 4.78 is 0. The topological polar surface area (TPSA) is 29.1 Å². The lowest BCUT2D eigenvalue weighted by atomic mass is 10.3. The predicted octanol–water partition coefficient (Wildman–Crippen LogP) is 0.699. The molecular weight excluding hydrogens is 102 g/mol. The molecule has 0 atom stereocenters. The minimum atomic E-state index is 0.667. The molecule has 0 aromatic rings. The monoisotopic (exact) mass is 113 g/mol. The first kappa shape index (κ1) is 7.21. The Labute approximate surface area is 49.6 Å². The molecule has 0 heterocycles. The van der Waals surface area contributed by atoms with Crippen molar-refractivity contribution in [2.24, 2.45) is 0 Å². The molecule has 1 N–H and O–H groups in total. The molecule has 0 bridgehead atoms. The van der Waals surface area contributed by atoms with Gasteiger partial charge in [-0.25, -0.2) is 0 Å². The summed E-state index contributed by atoms with van der Waals surface area (Å²) in [5, 5.41) is 2.55. The molecule has 0 aromatic carbocycles. The molecular formula is C6H11NO. The normalized spacial score (nSPS) is 11.0. The average molecular weight is 113 g/mol. The van der Waals surface area contributed by atoms with Gasteiger partial charge in [0.05, 0.1) is 0 Å². The van der Waals surface area contributed by atoms with Crippen molar-refractivity contribution in [3.8, 4) is 0 Å². The van der Waals surface area contributed by atoms with Crippen molar-refractivity contribution < 1.29 is 4.79 Å². The fraction of sp³-hybridized carbons (Fsp3) is 0.500. The average Bonchev–Trinajstić information content (AvgIpc) is 1.83. The van der Waals surface area contributed by atoms with Crippen molar-refractivity contribution in [1.29, 1.82) is 0 Å². The van der Waals surface area contributed by atoms with Crippen LogP contribution < -0.4 is 5.32 Å². The zero-order valence-corrected chi connectivity index (χ0v) is 5.27. The van der Waals surface area contributed by atoms with E-state index in [1.165, 1.54) is 5.57 Å². The minimum Gasteiger partial charge on any atom is -0.355 e. The smallest absolute Gasteiger partial charge is 0.207 e. The molecule has 0 saturated heterocycles. The molecule has 0 aliphatic heterocycles. The van der Waals surface area contributed by atoms with Crippen molar-refractivity contribution in [1.82, 2.24) is 5.32 Å². The second-order valence-electron chi connectivity index (χ2n) is 1.63. The van der Waals surface area contributed by atoms with Crippen LogP contribution in [0.2, 0.25) is 0 Å². The number of carbonyl (C=O) groups is 1. The van der Waals surface area contributed by atoms with Gasteiger partial charge in [-0.15, -0.1) is 0 Å². The van der Waals surface area contributed by atoms with Gasteiger partial charge in [-0.3, -0.25) is 4.79 Å². The van der Waals surface area contributed by atoms with E-state index in [0.29, 0.717) is 13.0 Å². The highest BCUT2D eigenvalue weighted by Crippen LogP contribution is 1.85. The van der Waals surface area contributed by atoms with Gasteiger partial charge >= 0.3 is 0 Å². The van der Waals surface area contributed by atoms with Crippen LogP contribution in [0.1, 0.15) is 13.8 Å². The maximum Gasteiger partial charge on any atom is 0.207 e. The Kier molecular flexibility index (Phi) is 3.94. The maximum atomic E-state index is 9.69. The molecule has 8 heavy (non-hydrogen) atoms. The zero-order chi connectivity index (χ0) is 6.41. The van der Waals surface area contributed by atoms with Crippen LogP contribution in [0, 0.1) is 0 Å². The third-order valence-corrected chi connectivity index (χ3v) is 0.957. The van der Waals surface area contributed by atoms with Crippen molar-refractivity contribution >= 4 is 6.41 Å². The van der Waals surface area contributed by atoms with E-state index < -0.39 is 0 Å². The van der Waals surface area contributed by atoms with E-state index in [-0.39, 0.29) is 0 Å². The minimum absolute atomic E-state index is 0.667. The third-order valence-electron chi connectivity index (χ3n) is 0.957. The summed E-state index contributed by atoms with van der Waals surface area (Å²) in [7, 11) is 0. The fourth-order valence-electron chi connectivity index (χ4n) is 0.305. The summed E-state index contributed by atoms with van der Waals surface area (Å²) in [5.41, 5.74) is 1.18. The quantitative estimate of drug-likeness (QED) is 0.423. The van der Waals surface area contributed by atoms with Gasteiger partial charge in [0.25, 0.3) is 0 Å². The molecule has 0 aliphatic rings. The Morgan fingerprint density at radius 3 is 2.75 bits per heavy atom. The largest absolute Gasteiger partial charge is 0.355 e. The van der Waals surface area contributed by atoms with Crippen molar-refractivity contribution in [3.63, 3.8) is 0 Å². The number of amides is 1. The zero-order valence-electron chi connectivity index (χ0n) is 5.27. The van der Waals surface area contributed by atoms with E-state index in [1.54, 1.807) is 0 Å². The standard InChI is InChI=1S/C6H11NO/c1-3-6(2)4-7-5-8/h3,5H,4H2,1-2H3,(H,7,8)/b6-3+. The van der Waals surface area contributed by atoms with Crippen LogP contribution >= 0.6 is 0 Å². The summed E-state index contributed by atoms with van der Waals surface area (Å²) in [6.07, 6.45) is 2.67. The van der Waals surface area contributed by atoms with Crippen LogP contribution in [0.4, 0.5) is 0 Å². The number of carbonyl (C=O) groups excluding carboxylic acids is 1. The Hall–Kier alpha value is -0.790. The molecule has 0 radical (unpaired) electrons. The lowest BCUT2D eigenvalue weighted by molar-refractivity contribution is -0.109. The molecule has 0 spiro atoms. The highest BCUT2D eigenvalue weighted by atomic mass is 16.1. The fourth-order valence-corrected chi connectivity index (χ4v) is 0.305. The Morgan fingerprint density at radius 2 is 2.38 bits per heavy atom. The van der Waals surface area contributed by atoms with Gasteiger partial charge in [0, 0.05) is 6.54 Å². The van der Waals surface area contributed by atoms with Crippen LogP contribution in [-0.4, -0.2) is 13.0 Å². The molecule has 0 aliphatic carbocycles. The Balaban J connectivity index is 3.24. The van der Waals surface area contributed by atoms with Gasteiger partial charge in [0.1, 0.15) is 0 Å². The second kappa shape index (κ2) is 4.37. The second-order valence-corrected chi connectivity index (χ2v) is 1.63. The van der Waals surface area contributed by atoms with Crippen LogP contribution in [0.5, 0.6) is 0 Å². The van der Waals surface area contributed by atoms with E-state index in [9.17, 15) is 4.79 Å². The summed E-state index contributed by atoms with van der Waals surface area (Å²) in [6.45, 7) is 4.58. The third kappa shape index (κ3) is 3.40. The molecule has 0 unspecified atom stereocenters. The van der Waals surface area contributed by atoms with Crippen LogP contribution in [0.15, 0.2) is 11.6 Å². The number of allylic oxidation sites excluding steroid dienone is 1. The highest BCUT2D eigenvalue weighted by molar-refractivity contribution is 5.46. The molecule has 2 heteroatoms.